The highest BCUT2D eigenvalue weighted by Gasteiger charge is 2.31. The van der Waals surface area contributed by atoms with Gasteiger partial charge < -0.3 is 14.5 Å². The van der Waals surface area contributed by atoms with Crippen LogP contribution in [0.25, 0.3) is 0 Å². The molecule has 4 rings (SSSR count). The van der Waals surface area contributed by atoms with Crippen LogP contribution in [0, 0.1) is 5.92 Å². The van der Waals surface area contributed by atoms with E-state index < -0.39 is 0 Å². The Morgan fingerprint density at radius 2 is 1.79 bits per heavy atom. The van der Waals surface area contributed by atoms with Crippen LogP contribution in [0.3, 0.4) is 0 Å². The van der Waals surface area contributed by atoms with E-state index in [4.69, 9.17) is 4.74 Å². The number of likely N-dealkylation sites (tertiary alicyclic amines) is 2. The lowest BCUT2D eigenvalue weighted by Gasteiger charge is -2.36. The number of rotatable bonds is 4. The molecule has 29 heavy (non-hydrogen) atoms. The third-order valence-corrected chi connectivity index (χ3v) is 6.83. The number of carbonyl (C=O) groups is 2. The van der Waals surface area contributed by atoms with E-state index in [1.54, 1.807) is 4.90 Å². The molecular weight excluding hydrogens is 434 g/mol. The van der Waals surface area contributed by atoms with Crippen LogP contribution in [-0.2, 0) is 9.59 Å². The van der Waals surface area contributed by atoms with E-state index in [1.807, 2.05) is 23.1 Å². The molecule has 0 spiro atoms. The quantitative estimate of drug-likeness (QED) is 0.687. The maximum absolute atomic E-state index is 12.9. The van der Waals surface area contributed by atoms with Crippen molar-refractivity contribution in [3.63, 3.8) is 0 Å². The summed E-state index contributed by atoms with van der Waals surface area (Å²) in [4.78, 5) is 31.4. The molecule has 2 fully saturated rings. The van der Waals surface area contributed by atoms with E-state index in [0.717, 1.165) is 30.4 Å². The molecular formula is C22H30BrN3O3. The summed E-state index contributed by atoms with van der Waals surface area (Å²) in [5.74, 6) is 1.19. The number of fused-ring (bicyclic) bond motifs is 1. The van der Waals surface area contributed by atoms with Gasteiger partial charge in [-0.15, -0.1) is 0 Å². The maximum atomic E-state index is 12.9. The van der Waals surface area contributed by atoms with Crippen molar-refractivity contribution in [1.82, 2.24) is 9.80 Å². The number of nitrogens with zero attached hydrogens (tertiary/aromatic N) is 3. The fraction of sp³-hybridized carbons (Fsp3) is 0.636. The number of amides is 2. The second kappa shape index (κ2) is 9.47. The molecule has 0 unspecified atom stereocenters. The highest BCUT2D eigenvalue weighted by Crippen LogP contribution is 2.34. The van der Waals surface area contributed by atoms with E-state index in [9.17, 15) is 9.59 Å². The van der Waals surface area contributed by atoms with Crippen molar-refractivity contribution >= 4 is 33.4 Å². The van der Waals surface area contributed by atoms with Gasteiger partial charge in [0.1, 0.15) is 12.3 Å². The molecule has 1 aromatic carbocycles. The summed E-state index contributed by atoms with van der Waals surface area (Å²) in [6.07, 6.45) is 7.49. The molecule has 158 valence electrons. The standard InChI is InChI=1S/C22H30BrN3O3/c23-18-5-6-19-20(13-18)29-16-22(28)26(19)15-21(27)25-11-7-17(8-12-25)14-24-9-3-1-2-4-10-24/h5-6,13,17H,1-4,7-12,14-16H2. The van der Waals surface area contributed by atoms with Crippen LogP contribution < -0.4 is 9.64 Å². The summed E-state index contributed by atoms with van der Waals surface area (Å²) in [5, 5.41) is 0. The second-order valence-corrected chi connectivity index (χ2v) is 9.34. The van der Waals surface area contributed by atoms with Gasteiger partial charge in [0, 0.05) is 24.1 Å². The number of hydrogen-bond donors (Lipinski definition) is 0. The number of anilines is 1. The largest absolute Gasteiger partial charge is 0.482 e. The van der Waals surface area contributed by atoms with E-state index in [-0.39, 0.29) is 25.0 Å². The van der Waals surface area contributed by atoms with Gasteiger partial charge in [-0.3, -0.25) is 14.5 Å². The zero-order chi connectivity index (χ0) is 20.2. The molecule has 0 aromatic heterocycles. The summed E-state index contributed by atoms with van der Waals surface area (Å²) >= 11 is 3.42. The number of ether oxygens (including phenoxy) is 1. The first-order valence-electron chi connectivity index (χ1n) is 10.8. The van der Waals surface area contributed by atoms with E-state index >= 15 is 0 Å². The van der Waals surface area contributed by atoms with Crippen molar-refractivity contribution in [3.8, 4) is 5.75 Å². The summed E-state index contributed by atoms with van der Waals surface area (Å²) in [7, 11) is 0. The number of piperidine rings is 1. The predicted molar refractivity (Wildman–Crippen MR) is 116 cm³/mol. The zero-order valence-electron chi connectivity index (χ0n) is 16.9. The SMILES string of the molecule is O=C(CN1C(=O)COc2cc(Br)ccc21)N1CCC(CN2CCCCCC2)CC1. The van der Waals surface area contributed by atoms with Crippen LogP contribution in [-0.4, -0.2) is 67.5 Å². The third kappa shape index (κ3) is 5.12. The molecule has 0 radical (unpaired) electrons. The molecule has 6 nitrogen and oxygen atoms in total. The molecule has 2 saturated heterocycles. The van der Waals surface area contributed by atoms with Crippen molar-refractivity contribution in [2.75, 3.05) is 50.8 Å². The molecule has 3 aliphatic rings. The number of halogens is 1. The summed E-state index contributed by atoms with van der Waals surface area (Å²) in [6, 6.07) is 5.54. The first-order valence-corrected chi connectivity index (χ1v) is 11.6. The summed E-state index contributed by atoms with van der Waals surface area (Å²) in [5.41, 5.74) is 0.675. The Morgan fingerprint density at radius 1 is 1.07 bits per heavy atom. The lowest BCUT2D eigenvalue weighted by molar-refractivity contribution is -0.133. The van der Waals surface area contributed by atoms with Crippen molar-refractivity contribution < 1.29 is 14.3 Å². The Morgan fingerprint density at radius 3 is 2.52 bits per heavy atom. The average Bonchev–Trinajstić information content (AvgIpc) is 2.99. The topological polar surface area (TPSA) is 53.1 Å². The fourth-order valence-corrected chi connectivity index (χ4v) is 4.98. The van der Waals surface area contributed by atoms with Gasteiger partial charge in [-0.2, -0.15) is 0 Å². The smallest absolute Gasteiger partial charge is 0.265 e. The summed E-state index contributed by atoms with van der Waals surface area (Å²) < 4.78 is 6.41. The van der Waals surface area contributed by atoms with E-state index in [0.29, 0.717) is 17.4 Å². The Bertz CT molecular complexity index is 741. The predicted octanol–water partition coefficient (Wildman–Crippen LogP) is 3.29. The maximum Gasteiger partial charge on any atom is 0.265 e. The molecule has 3 aliphatic heterocycles. The van der Waals surface area contributed by atoms with Crippen molar-refractivity contribution in [2.45, 2.75) is 38.5 Å². The molecule has 0 N–H and O–H groups in total. The first kappa shape index (κ1) is 20.7. The third-order valence-electron chi connectivity index (χ3n) is 6.34. The van der Waals surface area contributed by atoms with Gasteiger partial charge in [0.2, 0.25) is 5.91 Å². The highest BCUT2D eigenvalue weighted by molar-refractivity contribution is 9.10. The van der Waals surface area contributed by atoms with Crippen LogP contribution in [0.5, 0.6) is 5.75 Å². The van der Waals surface area contributed by atoms with Crippen molar-refractivity contribution in [3.05, 3.63) is 22.7 Å². The minimum Gasteiger partial charge on any atom is -0.482 e. The van der Waals surface area contributed by atoms with Gasteiger partial charge in [-0.05, 0) is 62.9 Å². The van der Waals surface area contributed by atoms with Crippen LogP contribution in [0.15, 0.2) is 22.7 Å². The first-order chi connectivity index (χ1) is 14.1. The van der Waals surface area contributed by atoms with Gasteiger partial charge in [-0.1, -0.05) is 28.8 Å². The normalized spacial score (nSPS) is 21.5. The van der Waals surface area contributed by atoms with E-state index in [1.165, 1.54) is 45.3 Å². The zero-order valence-corrected chi connectivity index (χ0v) is 18.5. The molecule has 0 aliphatic carbocycles. The monoisotopic (exact) mass is 463 g/mol. The second-order valence-electron chi connectivity index (χ2n) is 8.42. The Hall–Kier alpha value is -1.60. The minimum atomic E-state index is -0.163. The Labute approximate surface area is 181 Å². The molecule has 0 atom stereocenters. The Balaban J connectivity index is 1.30. The number of hydrogen-bond acceptors (Lipinski definition) is 4. The van der Waals surface area contributed by atoms with Gasteiger partial charge in [0.05, 0.1) is 5.69 Å². The molecule has 7 heteroatoms. The highest BCUT2D eigenvalue weighted by atomic mass is 79.9. The van der Waals surface area contributed by atoms with E-state index in [2.05, 4.69) is 20.8 Å². The lowest BCUT2D eigenvalue weighted by atomic mass is 9.96. The molecule has 1 aromatic rings. The van der Waals surface area contributed by atoms with Gasteiger partial charge >= 0.3 is 0 Å². The van der Waals surface area contributed by atoms with Crippen LogP contribution in [0.2, 0.25) is 0 Å². The van der Waals surface area contributed by atoms with Crippen molar-refractivity contribution in [1.29, 1.82) is 0 Å². The summed E-state index contributed by atoms with van der Waals surface area (Å²) in [6.45, 7) is 5.29. The average molecular weight is 464 g/mol. The van der Waals surface area contributed by atoms with Crippen molar-refractivity contribution in [2.24, 2.45) is 5.92 Å². The molecule has 2 amide bonds. The molecule has 0 saturated carbocycles. The number of benzene rings is 1. The minimum absolute atomic E-state index is 0.0192. The van der Waals surface area contributed by atoms with Gasteiger partial charge in [0.25, 0.3) is 5.91 Å². The number of carbonyl (C=O) groups excluding carboxylic acids is 2. The van der Waals surface area contributed by atoms with Crippen LogP contribution >= 0.6 is 15.9 Å². The fourth-order valence-electron chi connectivity index (χ4n) is 4.64. The van der Waals surface area contributed by atoms with Crippen LogP contribution in [0.1, 0.15) is 38.5 Å². The molecule has 0 bridgehead atoms. The van der Waals surface area contributed by atoms with Gasteiger partial charge in [-0.25, -0.2) is 0 Å². The van der Waals surface area contributed by atoms with Crippen LogP contribution in [0.4, 0.5) is 5.69 Å². The Kier molecular flexibility index (Phi) is 6.75. The van der Waals surface area contributed by atoms with Gasteiger partial charge in [0.15, 0.2) is 6.61 Å². The molecule has 3 heterocycles. The lowest BCUT2D eigenvalue weighted by Crippen LogP contribution is -2.49.